The summed E-state index contributed by atoms with van der Waals surface area (Å²) in [5, 5.41) is 3.15. The Bertz CT molecular complexity index is 440. The first-order chi connectivity index (χ1) is 6.74. The van der Waals surface area contributed by atoms with Gasteiger partial charge in [0.05, 0.1) is 6.54 Å². The van der Waals surface area contributed by atoms with Crippen molar-refractivity contribution in [2.24, 2.45) is 5.11 Å². The average Bonchev–Trinajstić information content (AvgIpc) is 2.18. The minimum absolute atomic E-state index is 0.0184. The molecule has 70 valence electrons. The normalized spacial score (nSPS) is 8.43. The Balaban J connectivity index is 2.80. The minimum atomic E-state index is -1.16. The molecule has 0 atom stereocenters. The van der Waals surface area contributed by atoms with Gasteiger partial charge in [-0.05, 0) is 11.6 Å². The molecule has 0 aromatic carbocycles. The van der Waals surface area contributed by atoms with E-state index in [-0.39, 0.29) is 12.1 Å². The van der Waals surface area contributed by atoms with Crippen molar-refractivity contribution in [2.45, 2.75) is 0 Å². The molecule has 0 N–H and O–H groups in total. The molecule has 1 aromatic heterocycles. The molecule has 1 heterocycles. The zero-order chi connectivity index (χ0) is 10.4. The van der Waals surface area contributed by atoms with Crippen LogP contribution in [0, 0.1) is 23.6 Å². The van der Waals surface area contributed by atoms with Gasteiger partial charge in [0.1, 0.15) is 0 Å². The van der Waals surface area contributed by atoms with E-state index in [9.17, 15) is 8.78 Å². The van der Waals surface area contributed by atoms with E-state index in [2.05, 4.69) is 26.9 Å². The van der Waals surface area contributed by atoms with E-state index in [1.54, 1.807) is 0 Å². The second kappa shape index (κ2) is 4.80. The summed E-state index contributed by atoms with van der Waals surface area (Å²) < 4.78 is 24.9. The molecular weight excluding hydrogens is 190 g/mol. The number of hydrogen-bond acceptors (Lipinski definition) is 2. The van der Waals surface area contributed by atoms with E-state index >= 15 is 0 Å². The summed E-state index contributed by atoms with van der Waals surface area (Å²) in [6, 6.07) is 0.922. The van der Waals surface area contributed by atoms with Crippen molar-refractivity contribution in [3.8, 4) is 11.8 Å². The zero-order valence-electron chi connectivity index (χ0n) is 6.91. The van der Waals surface area contributed by atoms with Gasteiger partial charge in [-0.15, -0.1) is 0 Å². The molecule has 0 radical (unpaired) electrons. The van der Waals surface area contributed by atoms with Gasteiger partial charge in [0, 0.05) is 16.7 Å². The number of pyridine rings is 1. The summed E-state index contributed by atoms with van der Waals surface area (Å²) in [7, 11) is 0. The van der Waals surface area contributed by atoms with Gasteiger partial charge >= 0.3 is 0 Å². The van der Waals surface area contributed by atoms with Gasteiger partial charge in [0.25, 0.3) is 0 Å². The van der Waals surface area contributed by atoms with Crippen LogP contribution in [-0.2, 0) is 0 Å². The van der Waals surface area contributed by atoms with Crippen LogP contribution in [0.4, 0.5) is 8.78 Å². The molecule has 0 aliphatic rings. The van der Waals surface area contributed by atoms with E-state index in [4.69, 9.17) is 5.53 Å². The number of hydrogen-bond donors (Lipinski definition) is 0. The van der Waals surface area contributed by atoms with E-state index in [0.717, 1.165) is 12.3 Å². The summed E-state index contributed by atoms with van der Waals surface area (Å²) in [5.41, 5.74) is 8.15. The lowest BCUT2D eigenvalue weighted by molar-refractivity contribution is 0.479. The predicted octanol–water partition coefficient (Wildman–Crippen LogP) is 2.02. The number of rotatable bonds is 1. The topological polar surface area (TPSA) is 61.7 Å². The van der Waals surface area contributed by atoms with Crippen molar-refractivity contribution in [3.63, 3.8) is 0 Å². The van der Waals surface area contributed by atoms with Gasteiger partial charge in [0.15, 0.2) is 5.82 Å². The Morgan fingerprint density at radius 3 is 3.00 bits per heavy atom. The van der Waals surface area contributed by atoms with Crippen LogP contribution in [0.2, 0.25) is 0 Å². The largest absolute Gasteiger partial charge is 0.248 e. The van der Waals surface area contributed by atoms with E-state index in [1.165, 1.54) is 0 Å². The molecule has 1 rings (SSSR count). The highest BCUT2D eigenvalue weighted by molar-refractivity contribution is 5.32. The monoisotopic (exact) mass is 194 g/mol. The summed E-state index contributed by atoms with van der Waals surface area (Å²) in [6.45, 7) is -0.0184. The molecule has 0 aliphatic heterocycles. The third-order valence-corrected chi connectivity index (χ3v) is 1.24. The maximum atomic E-state index is 12.6. The molecule has 0 bridgehead atoms. The van der Waals surface area contributed by atoms with Crippen molar-refractivity contribution < 1.29 is 8.78 Å². The molecular formula is C8H4F2N4. The lowest BCUT2D eigenvalue weighted by atomic mass is 10.3. The van der Waals surface area contributed by atoms with Crippen LogP contribution in [0.5, 0.6) is 0 Å². The van der Waals surface area contributed by atoms with Crippen molar-refractivity contribution in [1.29, 1.82) is 0 Å². The van der Waals surface area contributed by atoms with E-state index in [1.807, 2.05) is 0 Å². The smallest absolute Gasteiger partial charge is 0.224 e. The number of aromatic nitrogens is 1. The molecule has 0 fully saturated rings. The van der Waals surface area contributed by atoms with Crippen LogP contribution in [0.15, 0.2) is 17.4 Å². The van der Waals surface area contributed by atoms with Crippen LogP contribution in [-0.4, -0.2) is 11.5 Å². The fourth-order valence-corrected chi connectivity index (χ4v) is 0.698. The Labute approximate surface area is 78.2 Å². The highest BCUT2D eigenvalue weighted by Crippen LogP contribution is 2.03. The molecule has 1 aromatic rings. The fraction of sp³-hybridized carbons (Fsp3) is 0.125. The molecule has 0 unspecified atom stereocenters. The standard InChI is InChI=1S/C8H4F2N4/c9-7-4-6(5-12-8(7)10)2-1-3-13-14-11/h4-5H,3H2. The second-order valence-corrected chi connectivity index (χ2v) is 2.19. The Morgan fingerprint density at radius 1 is 1.57 bits per heavy atom. The lowest BCUT2D eigenvalue weighted by Crippen LogP contribution is -1.90. The first kappa shape index (κ1) is 9.96. The van der Waals surface area contributed by atoms with Gasteiger partial charge in [-0.1, -0.05) is 17.0 Å². The van der Waals surface area contributed by atoms with Gasteiger partial charge < -0.3 is 0 Å². The van der Waals surface area contributed by atoms with Crippen LogP contribution in [0.25, 0.3) is 10.4 Å². The first-order valence-electron chi connectivity index (χ1n) is 3.55. The molecule has 0 aliphatic carbocycles. The fourth-order valence-electron chi connectivity index (χ4n) is 0.698. The maximum absolute atomic E-state index is 12.6. The molecule has 0 saturated carbocycles. The van der Waals surface area contributed by atoms with Crippen LogP contribution in [0.3, 0.4) is 0 Å². The average molecular weight is 194 g/mol. The summed E-state index contributed by atoms with van der Waals surface area (Å²) in [6.07, 6.45) is 1.10. The predicted molar refractivity (Wildman–Crippen MR) is 45.0 cm³/mol. The van der Waals surface area contributed by atoms with Crippen molar-refractivity contribution in [3.05, 3.63) is 40.0 Å². The summed E-state index contributed by atoms with van der Waals surface area (Å²) in [5.74, 6) is 2.70. The molecule has 6 heteroatoms. The Hall–Kier alpha value is -2.12. The lowest BCUT2D eigenvalue weighted by Gasteiger charge is -1.91. The van der Waals surface area contributed by atoms with Crippen LogP contribution < -0.4 is 0 Å². The zero-order valence-corrected chi connectivity index (χ0v) is 6.91. The Morgan fingerprint density at radius 2 is 2.36 bits per heavy atom. The minimum Gasteiger partial charge on any atom is -0.224 e. The van der Waals surface area contributed by atoms with Crippen LogP contribution >= 0.6 is 0 Å². The SMILES string of the molecule is [N-]=[N+]=NCC#Cc1cnc(F)c(F)c1. The third kappa shape index (κ3) is 2.73. The first-order valence-corrected chi connectivity index (χ1v) is 3.55. The molecule has 14 heavy (non-hydrogen) atoms. The maximum Gasteiger partial charge on any atom is 0.248 e. The third-order valence-electron chi connectivity index (χ3n) is 1.24. The van der Waals surface area contributed by atoms with Gasteiger partial charge in [-0.2, -0.15) is 4.39 Å². The number of azide groups is 1. The van der Waals surface area contributed by atoms with Gasteiger partial charge in [0.2, 0.25) is 5.95 Å². The summed E-state index contributed by atoms with van der Waals surface area (Å²) >= 11 is 0. The van der Waals surface area contributed by atoms with Crippen LogP contribution in [0.1, 0.15) is 5.56 Å². The van der Waals surface area contributed by atoms with Crippen molar-refractivity contribution in [2.75, 3.05) is 6.54 Å². The molecule has 4 nitrogen and oxygen atoms in total. The number of nitrogens with zero attached hydrogens (tertiary/aromatic N) is 4. The molecule has 0 amide bonds. The summed E-state index contributed by atoms with van der Waals surface area (Å²) in [4.78, 5) is 5.60. The number of halogens is 2. The molecule has 0 spiro atoms. The molecule has 0 saturated heterocycles. The highest BCUT2D eigenvalue weighted by Gasteiger charge is 2.01. The quantitative estimate of drug-likeness (QED) is 0.222. The van der Waals surface area contributed by atoms with E-state index in [0.29, 0.717) is 0 Å². The van der Waals surface area contributed by atoms with Crippen molar-refractivity contribution >= 4 is 0 Å². The second-order valence-electron chi connectivity index (χ2n) is 2.19. The van der Waals surface area contributed by atoms with E-state index < -0.39 is 11.8 Å². The Kier molecular flexibility index (Phi) is 3.41. The highest BCUT2D eigenvalue weighted by atomic mass is 19.2. The van der Waals surface area contributed by atoms with Crippen molar-refractivity contribution in [1.82, 2.24) is 4.98 Å². The van der Waals surface area contributed by atoms with Gasteiger partial charge in [-0.3, -0.25) is 0 Å². The van der Waals surface area contributed by atoms with Gasteiger partial charge in [-0.25, -0.2) is 9.37 Å².